The van der Waals surface area contributed by atoms with Crippen molar-refractivity contribution in [3.63, 3.8) is 0 Å². The maximum Gasteiger partial charge on any atom is 0.274 e. The third kappa shape index (κ3) is 2.05. The molecule has 0 radical (unpaired) electrons. The molecule has 4 rings (SSSR count). The summed E-state index contributed by atoms with van der Waals surface area (Å²) in [6.45, 7) is 1.01. The molecule has 2 aromatic heterocycles. The average molecular weight is 294 g/mol. The Balaban J connectivity index is 1.90. The number of benzene rings is 1. The summed E-state index contributed by atoms with van der Waals surface area (Å²) in [5, 5.41) is 7.93. The lowest BCUT2D eigenvalue weighted by molar-refractivity contribution is 0.590. The summed E-state index contributed by atoms with van der Waals surface area (Å²) in [5.74, 6) is 0. The molecule has 0 bridgehead atoms. The summed E-state index contributed by atoms with van der Waals surface area (Å²) in [7, 11) is 2.00. The standard InChI is InChI=1S/C17H18N4O/c1-20-15(13-8-5-9-18-13)11-17(22)21-16(20)10-14(19-21)12-6-3-2-4-7-12/h2-4,6-7,10-11,13,18H,5,8-9H2,1H3. The molecule has 3 heterocycles. The zero-order chi connectivity index (χ0) is 15.1. The predicted molar refractivity (Wildman–Crippen MR) is 85.8 cm³/mol. The quantitative estimate of drug-likeness (QED) is 0.787. The van der Waals surface area contributed by atoms with Gasteiger partial charge in [0.1, 0.15) is 5.65 Å². The molecular weight excluding hydrogens is 276 g/mol. The van der Waals surface area contributed by atoms with Crippen LogP contribution in [-0.2, 0) is 7.05 Å². The molecule has 1 atom stereocenters. The van der Waals surface area contributed by atoms with Gasteiger partial charge in [0.15, 0.2) is 0 Å². The number of aryl methyl sites for hydroxylation is 1. The van der Waals surface area contributed by atoms with E-state index in [-0.39, 0.29) is 11.6 Å². The molecule has 1 saturated heterocycles. The largest absolute Gasteiger partial charge is 0.331 e. The highest BCUT2D eigenvalue weighted by atomic mass is 16.1. The number of rotatable bonds is 2. The number of nitrogens with one attached hydrogen (secondary N) is 1. The van der Waals surface area contributed by atoms with E-state index in [2.05, 4.69) is 15.0 Å². The number of nitrogens with zero attached hydrogens (tertiary/aromatic N) is 3. The maximum atomic E-state index is 12.4. The van der Waals surface area contributed by atoms with Gasteiger partial charge < -0.3 is 9.88 Å². The van der Waals surface area contributed by atoms with E-state index in [0.29, 0.717) is 0 Å². The molecular formula is C17H18N4O. The van der Waals surface area contributed by atoms with E-state index in [0.717, 1.165) is 42.0 Å². The Bertz CT molecular complexity index is 873. The van der Waals surface area contributed by atoms with Gasteiger partial charge in [-0.1, -0.05) is 30.3 Å². The third-order valence-corrected chi connectivity index (χ3v) is 4.39. The van der Waals surface area contributed by atoms with E-state index < -0.39 is 0 Å². The van der Waals surface area contributed by atoms with Crippen LogP contribution in [0.1, 0.15) is 24.6 Å². The van der Waals surface area contributed by atoms with Crippen LogP contribution in [0.25, 0.3) is 16.9 Å². The van der Waals surface area contributed by atoms with E-state index in [4.69, 9.17) is 0 Å². The molecule has 112 valence electrons. The van der Waals surface area contributed by atoms with E-state index in [1.54, 1.807) is 6.07 Å². The second-order valence-electron chi connectivity index (χ2n) is 5.78. The minimum Gasteiger partial charge on any atom is -0.331 e. The van der Waals surface area contributed by atoms with Gasteiger partial charge in [-0.2, -0.15) is 9.61 Å². The Morgan fingerprint density at radius 3 is 2.77 bits per heavy atom. The molecule has 1 fully saturated rings. The van der Waals surface area contributed by atoms with Crippen molar-refractivity contribution in [3.8, 4) is 11.3 Å². The highest BCUT2D eigenvalue weighted by molar-refractivity contribution is 5.64. The summed E-state index contributed by atoms with van der Waals surface area (Å²) in [6, 6.07) is 13.9. The minimum atomic E-state index is -0.0704. The third-order valence-electron chi connectivity index (χ3n) is 4.39. The molecule has 0 spiro atoms. The molecule has 0 aliphatic carbocycles. The van der Waals surface area contributed by atoms with Crippen LogP contribution >= 0.6 is 0 Å². The average Bonchev–Trinajstić information content (AvgIpc) is 3.21. The first-order chi connectivity index (χ1) is 10.7. The molecule has 3 aromatic rings. The van der Waals surface area contributed by atoms with Gasteiger partial charge in [-0.3, -0.25) is 4.79 Å². The summed E-state index contributed by atoms with van der Waals surface area (Å²) in [6.07, 6.45) is 2.22. The van der Waals surface area contributed by atoms with Crippen molar-refractivity contribution in [3.05, 3.63) is 58.5 Å². The Hall–Kier alpha value is -2.40. The normalized spacial score (nSPS) is 18.1. The number of hydrogen-bond acceptors (Lipinski definition) is 3. The fourth-order valence-electron chi connectivity index (χ4n) is 3.21. The summed E-state index contributed by atoms with van der Waals surface area (Å²) in [5.41, 5.74) is 3.64. The second kappa shape index (κ2) is 5.10. The van der Waals surface area contributed by atoms with Gasteiger partial charge >= 0.3 is 0 Å². The highest BCUT2D eigenvalue weighted by Gasteiger charge is 2.21. The molecule has 0 saturated carbocycles. The Kier molecular flexibility index (Phi) is 3.08. The molecule has 0 amide bonds. The number of aromatic nitrogens is 3. The number of hydrogen-bond donors (Lipinski definition) is 1. The fourth-order valence-corrected chi connectivity index (χ4v) is 3.21. The van der Waals surface area contributed by atoms with E-state index in [9.17, 15) is 4.79 Å². The molecule has 1 N–H and O–H groups in total. The smallest absolute Gasteiger partial charge is 0.274 e. The van der Waals surface area contributed by atoms with Crippen LogP contribution in [0.5, 0.6) is 0 Å². The van der Waals surface area contributed by atoms with E-state index in [1.165, 1.54) is 4.52 Å². The Labute approximate surface area is 128 Å². The van der Waals surface area contributed by atoms with Gasteiger partial charge in [-0.05, 0) is 19.4 Å². The lowest BCUT2D eigenvalue weighted by Crippen LogP contribution is -2.24. The van der Waals surface area contributed by atoms with Crippen molar-refractivity contribution in [2.75, 3.05) is 6.54 Å². The van der Waals surface area contributed by atoms with Crippen molar-refractivity contribution in [1.82, 2.24) is 19.5 Å². The van der Waals surface area contributed by atoms with Crippen molar-refractivity contribution >= 4 is 5.65 Å². The first kappa shape index (κ1) is 13.3. The lowest BCUT2D eigenvalue weighted by Gasteiger charge is -2.16. The van der Waals surface area contributed by atoms with Gasteiger partial charge in [0.2, 0.25) is 0 Å². The SMILES string of the molecule is Cn1c(C2CCCN2)cc(=O)n2nc(-c3ccccc3)cc12. The van der Waals surface area contributed by atoms with Crippen LogP contribution in [0.2, 0.25) is 0 Å². The van der Waals surface area contributed by atoms with Crippen LogP contribution < -0.4 is 10.9 Å². The minimum absolute atomic E-state index is 0.0704. The summed E-state index contributed by atoms with van der Waals surface area (Å²) in [4.78, 5) is 12.4. The van der Waals surface area contributed by atoms with E-state index >= 15 is 0 Å². The number of fused-ring (bicyclic) bond motifs is 1. The van der Waals surface area contributed by atoms with Gasteiger partial charge in [-0.15, -0.1) is 0 Å². The first-order valence-corrected chi connectivity index (χ1v) is 7.62. The van der Waals surface area contributed by atoms with Crippen molar-refractivity contribution < 1.29 is 0 Å². The van der Waals surface area contributed by atoms with Gasteiger partial charge in [0.25, 0.3) is 5.56 Å². The molecule has 1 aliphatic rings. The van der Waals surface area contributed by atoms with Crippen LogP contribution in [-0.4, -0.2) is 20.7 Å². The van der Waals surface area contributed by atoms with Crippen LogP contribution in [0, 0.1) is 0 Å². The Morgan fingerprint density at radius 2 is 2.05 bits per heavy atom. The molecule has 22 heavy (non-hydrogen) atoms. The van der Waals surface area contributed by atoms with Gasteiger partial charge in [0, 0.05) is 36.5 Å². The van der Waals surface area contributed by atoms with Crippen molar-refractivity contribution in [1.29, 1.82) is 0 Å². The fraction of sp³-hybridized carbons (Fsp3) is 0.294. The molecule has 5 heteroatoms. The van der Waals surface area contributed by atoms with Gasteiger partial charge in [0.05, 0.1) is 5.69 Å². The van der Waals surface area contributed by atoms with Crippen LogP contribution in [0.4, 0.5) is 0 Å². The zero-order valence-corrected chi connectivity index (χ0v) is 12.5. The highest BCUT2D eigenvalue weighted by Crippen LogP contribution is 2.24. The van der Waals surface area contributed by atoms with Crippen molar-refractivity contribution in [2.24, 2.45) is 7.05 Å². The second-order valence-corrected chi connectivity index (χ2v) is 5.78. The first-order valence-electron chi connectivity index (χ1n) is 7.62. The topological polar surface area (TPSA) is 51.3 Å². The molecule has 1 aromatic carbocycles. The summed E-state index contributed by atoms with van der Waals surface area (Å²) < 4.78 is 3.56. The van der Waals surface area contributed by atoms with Crippen LogP contribution in [0.15, 0.2) is 47.3 Å². The van der Waals surface area contributed by atoms with Crippen LogP contribution in [0.3, 0.4) is 0 Å². The molecule has 5 nitrogen and oxygen atoms in total. The maximum absolute atomic E-state index is 12.4. The molecule has 1 aliphatic heterocycles. The monoisotopic (exact) mass is 294 g/mol. The summed E-state index contributed by atoms with van der Waals surface area (Å²) >= 11 is 0. The van der Waals surface area contributed by atoms with Crippen molar-refractivity contribution in [2.45, 2.75) is 18.9 Å². The Morgan fingerprint density at radius 1 is 1.23 bits per heavy atom. The lowest BCUT2D eigenvalue weighted by atomic mass is 10.1. The van der Waals surface area contributed by atoms with E-state index in [1.807, 2.05) is 43.4 Å². The van der Waals surface area contributed by atoms with Gasteiger partial charge in [-0.25, -0.2) is 0 Å². The predicted octanol–water partition coefficient (Wildman–Crippen LogP) is 2.12. The zero-order valence-electron chi connectivity index (χ0n) is 12.5. The molecule has 1 unspecified atom stereocenters.